The van der Waals surface area contributed by atoms with Crippen molar-refractivity contribution < 1.29 is 4.74 Å². The monoisotopic (exact) mass is 206 g/mol. The Labute approximate surface area is 90.9 Å². The first kappa shape index (κ1) is 10.4. The van der Waals surface area contributed by atoms with E-state index in [4.69, 9.17) is 4.74 Å². The molecule has 0 bridgehead atoms. The van der Waals surface area contributed by atoms with Gasteiger partial charge >= 0.3 is 0 Å². The number of hydrogen-bond acceptors (Lipinski definition) is 3. The lowest BCUT2D eigenvalue weighted by Crippen LogP contribution is -2.32. The van der Waals surface area contributed by atoms with Gasteiger partial charge in [-0.15, -0.1) is 0 Å². The second-order valence-electron chi connectivity index (χ2n) is 4.48. The van der Waals surface area contributed by atoms with E-state index in [-0.39, 0.29) is 5.60 Å². The fourth-order valence-corrected chi connectivity index (χ4v) is 1.83. The lowest BCUT2D eigenvalue weighted by atomic mass is 10.0. The first-order valence-corrected chi connectivity index (χ1v) is 5.48. The van der Waals surface area contributed by atoms with Crippen LogP contribution in [0.15, 0.2) is 18.3 Å². The molecule has 0 radical (unpaired) electrons. The molecule has 1 N–H and O–H groups in total. The van der Waals surface area contributed by atoms with Crippen LogP contribution in [0.3, 0.4) is 0 Å². The number of nitrogens with one attached hydrogen (secondary N) is 1. The fraction of sp³-hybridized carbons (Fsp3) is 0.583. The lowest BCUT2D eigenvalue weighted by Gasteiger charge is -2.23. The maximum atomic E-state index is 5.70. The van der Waals surface area contributed by atoms with Crippen LogP contribution in [-0.2, 0) is 4.74 Å². The molecule has 1 aliphatic rings. The van der Waals surface area contributed by atoms with E-state index >= 15 is 0 Å². The number of aryl methyl sites for hydroxylation is 1. The molecule has 3 heteroatoms. The van der Waals surface area contributed by atoms with Gasteiger partial charge in [-0.2, -0.15) is 0 Å². The number of rotatable bonds is 3. The molecule has 0 amide bonds. The van der Waals surface area contributed by atoms with Crippen molar-refractivity contribution in [3.63, 3.8) is 0 Å². The van der Waals surface area contributed by atoms with Gasteiger partial charge < -0.3 is 10.1 Å². The minimum Gasteiger partial charge on any atom is -0.373 e. The van der Waals surface area contributed by atoms with Gasteiger partial charge in [0.1, 0.15) is 5.82 Å². The number of anilines is 1. The predicted molar refractivity (Wildman–Crippen MR) is 61.1 cm³/mol. The molecular formula is C12H18N2O. The maximum absolute atomic E-state index is 5.70. The van der Waals surface area contributed by atoms with E-state index in [1.165, 1.54) is 12.0 Å². The van der Waals surface area contributed by atoms with E-state index < -0.39 is 0 Å². The summed E-state index contributed by atoms with van der Waals surface area (Å²) in [5, 5.41) is 3.32. The van der Waals surface area contributed by atoms with E-state index in [9.17, 15) is 0 Å². The normalized spacial score (nSPS) is 25.5. The van der Waals surface area contributed by atoms with E-state index in [0.717, 1.165) is 25.4 Å². The van der Waals surface area contributed by atoms with Crippen LogP contribution >= 0.6 is 0 Å². The molecule has 0 spiro atoms. The smallest absolute Gasteiger partial charge is 0.125 e. The highest BCUT2D eigenvalue weighted by Gasteiger charge is 2.29. The van der Waals surface area contributed by atoms with Crippen LogP contribution in [0.2, 0.25) is 0 Å². The van der Waals surface area contributed by atoms with E-state index in [1.807, 2.05) is 19.2 Å². The highest BCUT2D eigenvalue weighted by molar-refractivity contribution is 5.35. The third-order valence-corrected chi connectivity index (χ3v) is 2.86. The molecule has 0 aliphatic carbocycles. The van der Waals surface area contributed by atoms with Crippen molar-refractivity contribution in [3.8, 4) is 0 Å². The summed E-state index contributed by atoms with van der Waals surface area (Å²) in [5.41, 5.74) is 1.18. The molecule has 1 unspecified atom stereocenters. The molecule has 82 valence electrons. The molecule has 1 saturated heterocycles. The summed E-state index contributed by atoms with van der Waals surface area (Å²) in [4.78, 5) is 4.30. The Balaban J connectivity index is 1.90. The van der Waals surface area contributed by atoms with E-state index in [2.05, 4.69) is 23.3 Å². The summed E-state index contributed by atoms with van der Waals surface area (Å²) in [7, 11) is 0. The van der Waals surface area contributed by atoms with Crippen molar-refractivity contribution in [1.82, 2.24) is 4.98 Å². The third kappa shape index (κ3) is 2.69. The van der Waals surface area contributed by atoms with Gasteiger partial charge in [0.05, 0.1) is 5.60 Å². The molecule has 1 aliphatic heterocycles. The van der Waals surface area contributed by atoms with Gasteiger partial charge in [-0.25, -0.2) is 4.98 Å². The largest absolute Gasteiger partial charge is 0.373 e. The first-order valence-electron chi connectivity index (χ1n) is 5.48. The molecule has 0 aromatic carbocycles. The third-order valence-electron chi connectivity index (χ3n) is 2.86. The van der Waals surface area contributed by atoms with Crippen molar-refractivity contribution in [2.24, 2.45) is 0 Å². The van der Waals surface area contributed by atoms with Crippen LogP contribution in [-0.4, -0.2) is 23.7 Å². The predicted octanol–water partition coefficient (Wildman–Crippen LogP) is 2.37. The van der Waals surface area contributed by atoms with Crippen LogP contribution in [0.25, 0.3) is 0 Å². The van der Waals surface area contributed by atoms with Gasteiger partial charge in [-0.1, -0.05) is 6.07 Å². The Bertz CT molecular complexity index is 315. The zero-order valence-electron chi connectivity index (χ0n) is 9.42. The Hall–Kier alpha value is -1.09. The zero-order valence-corrected chi connectivity index (χ0v) is 9.42. The van der Waals surface area contributed by atoms with Crippen molar-refractivity contribution in [2.45, 2.75) is 32.3 Å². The van der Waals surface area contributed by atoms with Crippen molar-refractivity contribution in [3.05, 3.63) is 23.9 Å². The summed E-state index contributed by atoms with van der Waals surface area (Å²) in [6, 6.07) is 4.07. The SMILES string of the molecule is Cc1ccc(NCC2(C)CCCO2)nc1. The molecule has 1 atom stereocenters. The Morgan fingerprint density at radius 1 is 1.53 bits per heavy atom. The number of nitrogens with zero attached hydrogens (tertiary/aromatic N) is 1. The first-order chi connectivity index (χ1) is 7.18. The average Bonchev–Trinajstić information content (AvgIpc) is 2.65. The van der Waals surface area contributed by atoms with E-state index in [1.54, 1.807) is 0 Å². The molecule has 3 nitrogen and oxygen atoms in total. The van der Waals surface area contributed by atoms with Crippen LogP contribution in [0.4, 0.5) is 5.82 Å². The number of aromatic nitrogens is 1. The van der Waals surface area contributed by atoms with Gasteiger partial charge in [-0.05, 0) is 38.3 Å². The lowest BCUT2D eigenvalue weighted by molar-refractivity contribution is 0.0315. The topological polar surface area (TPSA) is 34.1 Å². The maximum Gasteiger partial charge on any atom is 0.125 e. The molecule has 1 aromatic rings. The minimum atomic E-state index is -0.00737. The van der Waals surface area contributed by atoms with Crippen molar-refractivity contribution in [1.29, 1.82) is 0 Å². The Kier molecular flexibility index (Phi) is 2.91. The molecule has 1 aromatic heterocycles. The van der Waals surface area contributed by atoms with Crippen molar-refractivity contribution >= 4 is 5.82 Å². The number of pyridine rings is 1. The second-order valence-corrected chi connectivity index (χ2v) is 4.48. The summed E-state index contributed by atoms with van der Waals surface area (Å²) >= 11 is 0. The standard InChI is InChI=1S/C12H18N2O/c1-10-4-5-11(13-8-10)14-9-12(2)6-3-7-15-12/h4-5,8H,3,6-7,9H2,1-2H3,(H,13,14). The molecule has 15 heavy (non-hydrogen) atoms. The Morgan fingerprint density at radius 3 is 3.00 bits per heavy atom. The average molecular weight is 206 g/mol. The zero-order chi connectivity index (χ0) is 10.7. The minimum absolute atomic E-state index is 0.00737. The van der Waals surface area contributed by atoms with E-state index in [0.29, 0.717) is 0 Å². The molecule has 1 fully saturated rings. The van der Waals surface area contributed by atoms with Crippen LogP contribution in [0.1, 0.15) is 25.3 Å². The Morgan fingerprint density at radius 2 is 2.40 bits per heavy atom. The molecule has 2 heterocycles. The van der Waals surface area contributed by atoms with Crippen LogP contribution in [0, 0.1) is 6.92 Å². The van der Waals surface area contributed by atoms with Crippen molar-refractivity contribution in [2.75, 3.05) is 18.5 Å². The van der Waals surface area contributed by atoms with Gasteiger partial charge in [0.2, 0.25) is 0 Å². The molecule has 0 saturated carbocycles. The summed E-state index contributed by atoms with van der Waals surface area (Å²) < 4.78 is 5.70. The quantitative estimate of drug-likeness (QED) is 0.824. The van der Waals surface area contributed by atoms with Gasteiger partial charge in [0, 0.05) is 19.3 Å². The second kappa shape index (κ2) is 4.19. The number of ether oxygens (including phenoxy) is 1. The highest BCUT2D eigenvalue weighted by atomic mass is 16.5. The van der Waals surface area contributed by atoms with Crippen LogP contribution < -0.4 is 5.32 Å². The number of hydrogen-bond donors (Lipinski definition) is 1. The van der Waals surface area contributed by atoms with Crippen LogP contribution in [0.5, 0.6) is 0 Å². The van der Waals surface area contributed by atoms with Gasteiger partial charge in [-0.3, -0.25) is 0 Å². The summed E-state index contributed by atoms with van der Waals surface area (Å²) in [6.45, 7) is 5.92. The highest BCUT2D eigenvalue weighted by Crippen LogP contribution is 2.24. The molecular weight excluding hydrogens is 188 g/mol. The summed E-state index contributed by atoms with van der Waals surface area (Å²) in [6.07, 6.45) is 4.17. The fourth-order valence-electron chi connectivity index (χ4n) is 1.83. The van der Waals surface area contributed by atoms with Gasteiger partial charge in [0.25, 0.3) is 0 Å². The van der Waals surface area contributed by atoms with Gasteiger partial charge in [0.15, 0.2) is 0 Å². The summed E-state index contributed by atoms with van der Waals surface area (Å²) in [5.74, 6) is 0.928. The molecule has 2 rings (SSSR count).